The highest BCUT2D eigenvalue weighted by atomic mass is 32.2. The smallest absolute Gasteiger partial charge is 0.238 e. The van der Waals surface area contributed by atoms with Gasteiger partial charge in [-0.25, -0.2) is 13.6 Å². The van der Waals surface area contributed by atoms with Crippen molar-refractivity contribution < 1.29 is 13.2 Å². The molecule has 0 aliphatic carbocycles. The summed E-state index contributed by atoms with van der Waals surface area (Å²) in [6, 6.07) is 6.29. The molecule has 1 atom stereocenters. The second kappa shape index (κ2) is 7.35. The van der Waals surface area contributed by atoms with Gasteiger partial charge in [-0.05, 0) is 31.7 Å². The summed E-state index contributed by atoms with van der Waals surface area (Å²) in [7, 11) is -1.94. The molecule has 1 rings (SSSR count). The van der Waals surface area contributed by atoms with Crippen LogP contribution < -0.4 is 10.5 Å². The number of benzene rings is 1. The number of hydrogen-bond donors (Lipinski definition) is 2. The van der Waals surface area contributed by atoms with E-state index in [-0.39, 0.29) is 23.4 Å². The van der Waals surface area contributed by atoms with Crippen molar-refractivity contribution in [3.05, 3.63) is 42.5 Å². The zero-order chi connectivity index (χ0) is 16.0. The molecule has 1 unspecified atom stereocenters. The minimum Gasteiger partial charge on any atom is -0.352 e. The van der Waals surface area contributed by atoms with Gasteiger partial charge < -0.3 is 5.32 Å². The summed E-state index contributed by atoms with van der Waals surface area (Å²) < 4.78 is 22.7. The van der Waals surface area contributed by atoms with Gasteiger partial charge in [-0.15, -0.1) is 6.58 Å². The number of rotatable bonds is 7. The minimum absolute atomic E-state index is 0.0661. The third kappa shape index (κ3) is 5.30. The fraction of sp³-hybridized carbons (Fsp3) is 0.357. The number of carbonyl (C=O) groups excluding carboxylic acids is 1. The van der Waals surface area contributed by atoms with Gasteiger partial charge in [0.15, 0.2) is 0 Å². The molecule has 0 heterocycles. The second-order valence-corrected chi connectivity index (χ2v) is 6.36. The monoisotopic (exact) mass is 311 g/mol. The van der Waals surface area contributed by atoms with Gasteiger partial charge in [-0.2, -0.15) is 0 Å². The minimum atomic E-state index is -3.73. The number of sulfonamides is 1. The first-order valence-electron chi connectivity index (χ1n) is 6.46. The lowest BCUT2D eigenvalue weighted by molar-refractivity contribution is -0.122. The Kier molecular flexibility index (Phi) is 6.07. The molecule has 0 spiro atoms. The van der Waals surface area contributed by atoms with Crippen LogP contribution >= 0.6 is 0 Å². The van der Waals surface area contributed by atoms with Crippen LogP contribution in [-0.4, -0.2) is 39.4 Å². The number of amides is 1. The Morgan fingerprint density at radius 1 is 1.52 bits per heavy atom. The largest absolute Gasteiger partial charge is 0.352 e. The van der Waals surface area contributed by atoms with Gasteiger partial charge in [0.1, 0.15) is 0 Å². The third-order valence-electron chi connectivity index (χ3n) is 3.17. The molecule has 7 heteroatoms. The number of hydrogen-bond acceptors (Lipinski definition) is 4. The standard InChI is InChI=1S/C14H21N3O3S/c1-4-8-16-14(18)10-17(3)11(2)12-6-5-7-13(9-12)21(15,19)20/h4-7,9,11H,1,8,10H2,2-3H3,(H,16,18)(H2,15,19,20). The molecule has 6 nitrogen and oxygen atoms in total. The Bertz CT molecular complexity index is 614. The van der Waals surface area contributed by atoms with Crippen molar-refractivity contribution in [1.29, 1.82) is 0 Å². The van der Waals surface area contributed by atoms with Crippen LogP contribution in [0.15, 0.2) is 41.8 Å². The molecule has 0 radical (unpaired) electrons. The van der Waals surface area contributed by atoms with E-state index in [1.807, 2.05) is 11.8 Å². The van der Waals surface area contributed by atoms with Crippen LogP contribution in [0.3, 0.4) is 0 Å². The first-order valence-corrected chi connectivity index (χ1v) is 8.01. The summed E-state index contributed by atoms with van der Waals surface area (Å²) in [4.78, 5) is 13.5. The van der Waals surface area contributed by atoms with Crippen molar-refractivity contribution in [1.82, 2.24) is 10.2 Å². The molecule has 1 amide bonds. The van der Waals surface area contributed by atoms with Gasteiger partial charge >= 0.3 is 0 Å². The zero-order valence-corrected chi connectivity index (χ0v) is 13.1. The number of nitrogens with zero attached hydrogens (tertiary/aromatic N) is 1. The summed E-state index contributed by atoms with van der Waals surface area (Å²) in [5, 5.41) is 7.81. The van der Waals surface area contributed by atoms with Crippen LogP contribution in [0.5, 0.6) is 0 Å². The lowest BCUT2D eigenvalue weighted by Gasteiger charge is -2.24. The van der Waals surface area contributed by atoms with Crippen molar-refractivity contribution in [3.8, 4) is 0 Å². The molecule has 116 valence electrons. The second-order valence-electron chi connectivity index (χ2n) is 4.80. The van der Waals surface area contributed by atoms with Gasteiger partial charge in [0.25, 0.3) is 0 Å². The van der Waals surface area contributed by atoms with E-state index in [1.54, 1.807) is 25.3 Å². The Hall–Kier alpha value is -1.70. The molecule has 0 aliphatic rings. The number of primary sulfonamides is 1. The Morgan fingerprint density at radius 3 is 2.76 bits per heavy atom. The topological polar surface area (TPSA) is 92.5 Å². The summed E-state index contributed by atoms with van der Waals surface area (Å²) in [5.41, 5.74) is 0.778. The number of nitrogens with one attached hydrogen (secondary N) is 1. The average molecular weight is 311 g/mol. The van der Waals surface area contributed by atoms with E-state index in [2.05, 4.69) is 11.9 Å². The van der Waals surface area contributed by atoms with Crippen molar-refractivity contribution in [2.45, 2.75) is 17.9 Å². The molecule has 0 fully saturated rings. The molecule has 0 saturated carbocycles. The molecule has 21 heavy (non-hydrogen) atoms. The number of nitrogens with two attached hydrogens (primary N) is 1. The lowest BCUT2D eigenvalue weighted by atomic mass is 10.1. The molecule has 0 saturated heterocycles. The van der Waals surface area contributed by atoms with Crippen LogP contribution in [-0.2, 0) is 14.8 Å². The van der Waals surface area contributed by atoms with E-state index < -0.39 is 10.0 Å². The molecule has 1 aromatic rings. The Balaban J connectivity index is 2.81. The summed E-state index contributed by atoms with van der Waals surface area (Å²) >= 11 is 0. The van der Waals surface area contributed by atoms with Gasteiger partial charge in [-0.3, -0.25) is 9.69 Å². The van der Waals surface area contributed by atoms with E-state index in [0.717, 1.165) is 5.56 Å². The molecular formula is C14H21N3O3S. The first-order chi connectivity index (χ1) is 9.75. The Labute approximate surface area is 125 Å². The predicted octanol–water partition coefficient (Wildman–Crippen LogP) is 0.629. The highest BCUT2D eigenvalue weighted by molar-refractivity contribution is 7.89. The normalized spacial score (nSPS) is 13.0. The van der Waals surface area contributed by atoms with E-state index in [1.165, 1.54) is 12.1 Å². The van der Waals surface area contributed by atoms with E-state index in [9.17, 15) is 13.2 Å². The summed E-state index contributed by atoms with van der Waals surface area (Å²) in [5.74, 6) is -0.119. The fourth-order valence-electron chi connectivity index (χ4n) is 1.81. The van der Waals surface area contributed by atoms with Crippen LogP contribution in [0.4, 0.5) is 0 Å². The van der Waals surface area contributed by atoms with Crippen LogP contribution in [0.2, 0.25) is 0 Å². The van der Waals surface area contributed by atoms with Gasteiger partial charge in [0.05, 0.1) is 11.4 Å². The Morgan fingerprint density at radius 2 is 2.19 bits per heavy atom. The quantitative estimate of drug-likeness (QED) is 0.722. The molecule has 3 N–H and O–H groups in total. The number of carbonyl (C=O) groups is 1. The predicted molar refractivity (Wildman–Crippen MR) is 82.1 cm³/mol. The lowest BCUT2D eigenvalue weighted by Crippen LogP contribution is -2.36. The SMILES string of the molecule is C=CCNC(=O)CN(C)C(C)c1cccc(S(N)(=O)=O)c1. The average Bonchev–Trinajstić information content (AvgIpc) is 2.43. The van der Waals surface area contributed by atoms with Crippen LogP contribution in [0.1, 0.15) is 18.5 Å². The first kappa shape index (κ1) is 17.4. The van der Waals surface area contributed by atoms with Crippen LogP contribution in [0, 0.1) is 0 Å². The van der Waals surface area contributed by atoms with E-state index >= 15 is 0 Å². The fourth-order valence-corrected chi connectivity index (χ4v) is 2.38. The summed E-state index contributed by atoms with van der Waals surface area (Å²) in [6.07, 6.45) is 1.61. The third-order valence-corrected chi connectivity index (χ3v) is 4.08. The van der Waals surface area contributed by atoms with Crippen molar-refractivity contribution >= 4 is 15.9 Å². The maximum absolute atomic E-state index is 11.7. The molecule has 0 aromatic heterocycles. The maximum atomic E-state index is 11.7. The highest BCUT2D eigenvalue weighted by Crippen LogP contribution is 2.20. The van der Waals surface area contributed by atoms with Crippen molar-refractivity contribution in [2.75, 3.05) is 20.1 Å². The summed E-state index contributed by atoms with van der Waals surface area (Å²) in [6.45, 7) is 6.04. The number of likely N-dealkylation sites (N-methyl/N-ethyl adjacent to an activating group) is 1. The van der Waals surface area contributed by atoms with Gasteiger partial charge in [-0.1, -0.05) is 18.2 Å². The molecule has 1 aromatic carbocycles. The van der Waals surface area contributed by atoms with Crippen LogP contribution in [0.25, 0.3) is 0 Å². The molecule has 0 bridgehead atoms. The van der Waals surface area contributed by atoms with Gasteiger partial charge in [0.2, 0.25) is 15.9 Å². The molecule has 0 aliphatic heterocycles. The molecular weight excluding hydrogens is 290 g/mol. The highest BCUT2D eigenvalue weighted by Gasteiger charge is 2.16. The zero-order valence-electron chi connectivity index (χ0n) is 12.2. The van der Waals surface area contributed by atoms with Crippen molar-refractivity contribution in [3.63, 3.8) is 0 Å². The maximum Gasteiger partial charge on any atom is 0.238 e. The van der Waals surface area contributed by atoms with Crippen molar-refractivity contribution in [2.24, 2.45) is 5.14 Å². The van der Waals surface area contributed by atoms with E-state index in [0.29, 0.717) is 6.54 Å². The van der Waals surface area contributed by atoms with Gasteiger partial charge in [0, 0.05) is 12.6 Å². The van der Waals surface area contributed by atoms with E-state index in [4.69, 9.17) is 5.14 Å².